The number of nitrogens with zero attached hydrogens (tertiary/aromatic N) is 2. The van der Waals surface area contributed by atoms with Crippen molar-refractivity contribution in [2.24, 2.45) is 0 Å². The third kappa shape index (κ3) is 2.75. The van der Waals surface area contributed by atoms with Crippen molar-refractivity contribution in [3.8, 4) is 0 Å². The number of aromatic nitrogens is 2. The Morgan fingerprint density at radius 1 is 1.44 bits per heavy atom. The van der Waals surface area contributed by atoms with Gasteiger partial charge in [0.25, 0.3) is 5.91 Å². The van der Waals surface area contributed by atoms with E-state index in [2.05, 4.69) is 15.3 Å². The normalized spacial score (nSPS) is 11.9. The van der Waals surface area contributed by atoms with Gasteiger partial charge in [0, 0.05) is 6.20 Å². The molecule has 6 heteroatoms. The van der Waals surface area contributed by atoms with Crippen LogP contribution in [0.15, 0.2) is 6.20 Å². The van der Waals surface area contributed by atoms with Crippen LogP contribution >= 0.6 is 0 Å². The first-order valence-corrected chi connectivity index (χ1v) is 4.75. The molecule has 0 spiro atoms. The second-order valence-electron chi connectivity index (χ2n) is 3.45. The van der Waals surface area contributed by atoms with Crippen LogP contribution in [0.4, 0.5) is 0 Å². The monoisotopic (exact) mass is 223 g/mol. The molecule has 0 radical (unpaired) electrons. The molecule has 1 aromatic rings. The SMILES string of the molecule is Cc1ncc(C(=O)NC(C)C(=O)O)c(C)n1. The summed E-state index contributed by atoms with van der Waals surface area (Å²) in [7, 11) is 0. The molecule has 0 saturated carbocycles. The van der Waals surface area contributed by atoms with Gasteiger partial charge in [-0.25, -0.2) is 9.97 Å². The molecule has 2 N–H and O–H groups in total. The molecule has 0 aliphatic heterocycles. The lowest BCUT2D eigenvalue weighted by Crippen LogP contribution is -2.38. The second kappa shape index (κ2) is 4.69. The highest BCUT2D eigenvalue weighted by atomic mass is 16.4. The predicted octanol–water partition coefficient (Wildman–Crippen LogP) is 0.296. The Bertz CT molecular complexity index is 431. The topological polar surface area (TPSA) is 92.2 Å². The first-order valence-electron chi connectivity index (χ1n) is 4.75. The summed E-state index contributed by atoms with van der Waals surface area (Å²) in [6, 6.07) is -0.937. The van der Waals surface area contributed by atoms with Crippen molar-refractivity contribution in [3.05, 3.63) is 23.3 Å². The van der Waals surface area contributed by atoms with Gasteiger partial charge in [0.15, 0.2) is 0 Å². The van der Waals surface area contributed by atoms with Crippen LogP contribution in [-0.4, -0.2) is 33.0 Å². The van der Waals surface area contributed by atoms with Gasteiger partial charge in [0.2, 0.25) is 0 Å². The van der Waals surface area contributed by atoms with E-state index in [0.29, 0.717) is 17.1 Å². The highest BCUT2D eigenvalue weighted by Crippen LogP contribution is 2.03. The first kappa shape index (κ1) is 12.1. The van der Waals surface area contributed by atoms with Crippen molar-refractivity contribution in [1.29, 1.82) is 0 Å². The molecule has 1 amide bonds. The van der Waals surface area contributed by atoms with E-state index < -0.39 is 17.9 Å². The fourth-order valence-corrected chi connectivity index (χ4v) is 1.14. The second-order valence-corrected chi connectivity index (χ2v) is 3.45. The van der Waals surface area contributed by atoms with Crippen LogP contribution in [0.5, 0.6) is 0 Å². The summed E-state index contributed by atoms with van der Waals surface area (Å²) in [5.41, 5.74) is 0.821. The van der Waals surface area contributed by atoms with Gasteiger partial charge in [0.1, 0.15) is 11.9 Å². The Labute approximate surface area is 92.7 Å². The van der Waals surface area contributed by atoms with E-state index in [4.69, 9.17) is 5.11 Å². The van der Waals surface area contributed by atoms with Crippen LogP contribution in [0.1, 0.15) is 28.8 Å². The lowest BCUT2D eigenvalue weighted by Gasteiger charge is -2.10. The fraction of sp³-hybridized carbons (Fsp3) is 0.400. The Morgan fingerprint density at radius 3 is 2.56 bits per heavy atom. The zero-order chi connectivity index (χ0) is 12.3. The Balaban J connectivity index is 2.85. The number of hydrogen-bond acceptors (Lipinski definition) is 4. The fourth-order valence-electron chi connectivity index (χ4n) is 1.14. The number of nitrogens with one attached hydrogen (secondary N) is 1. The average Bonchev–Trinajstić information content (AvgIpc) is 2.16. The maximum absolute atomic E-state index is 11.6. The molecule has 1 unspecified atom stereocenters. The molecular formula is C10H13N3O3. The molecule has 1 atom stereocenters. The van der Waals surface area contributed by atoms with Crippen molar-refractivity contribution >= 4 is 11.9 Å². The summed E-state index contributed by atoms with van der Waals surface area (Å²) < 4.78 is 0. The summed E-state index contributed by atoms with van der Waals surface area (Å²) >= 11 is 0. The molecule has 0 saturated heterocycles. The zero-order valence-corrected chi connectivity index (χ0v) is 9.31. The van der Waals surface area contributed by atoms with Crippen molar-refractivity contribution in [2.75, 3.05) is 0 Å². The largest absolute Gasteiger partial charge is 0.480 e. The molecular weight excluding hydrogens is 210 g/mol. The van der Waals surface area contributed by atoms with E-state index in [1.165, 1.54) is 13.1 Å². The minimum Gasteiger partial charge on any atom is -0.480 e. The molecule has 16 heavy (non-hydrogen) atoms. The van der Waals surface area contributed by atoms with Crippen LogP contribution in [0.25, 0.3) is 0 Å². The quantitative estimate of drug-likeness (QED) is 0.768. The van der Waals surface area contributed by atoms with E-state index in [-0.39, 0.29) is 0 Å². The zero-order valence-electron chi connectivity index (χ0n) is 9.31. The van der Waals surface area contributed by atoms with Crippen molar-refractivity contribution in [3.63, 3.8) is 0 Å². The molecule has 1 rings (SSSR count). The third-order valence-electron chi connectivity index (χ3n) is 2.06. The Morgan fingerprint density at radius 2 is 2.06 bits per heavy atom. The lowest BCUT2D eigenvalue weighted by molar-refractivity contribution is -0.138. The minimum atomic E-state index is -1.08. The van der Waals surface area contributed by atoms with E-state index in [9.17, 15) is 9.59 Å². The van der Waals surface area contributed by atoms with Crippen LogP contribution in [0.3, 0.4) is 0 Å². The maximum Gasteiger partial charge on any atom is 0.325 e. The van der Waals surface area contributed by atoms with E-state index in [1.54, 1.807) is 13.8 Å². The highest BCUT2D eigenvalue weighted by molar-refractivity contribution is 5.97. The Hall–Kier alpha value is -1.98. The van der Waals surface area contributed by atoms with Crippen molar-refractivity contribution < 1.29 is 14.7 Å². The van der Waals surface area contributed by atoms with Gasteiger partial charge in [0.05, 0.1) is 11.3 Å². The summed E-state index contributed by atoms with van der Waals surface area (Å²) in [5, 5.41) is 11.0. The summed E-state index contributed by atoms with van der Waals surface area (Å²) in [6.45, 7) is 4.79. The summed E-state index contributed by atoms with van der Waals surface area (Å²) in [6.07, 6.45) is 1.39. The number of rotatable bonds is 3. The molecule has 0 fully saturated rings. The van der Waals surface area contributed by atoms with Gasteiger partial charge in [-0.1, -0.05) is 0 Å². The predicted molar refractivity (Wildman–Crippen MR) is 56.1 cm³/mol. The smallest absolute Gasteiger partial charge is 0.325 e. The van der Waals surface area contributed by atoms with Crippen LogP contribution < -0.4 is 5.32 Å². The van der Waals surface area contributed by atoms with Crippen molar-refractivity contribution in [2.45, 2.75) is 26.8 Å². The molecule has 1 aromatic heterocycles. The van der Waals surface area contributed by atoms with E-state index in [0.717, 1.165) is 0 Å². The van der Waals surface area contributed by atoms with Gasteiger partial charge < -0.3 is 10.4 Å². The number of carbonyl (C=O) groups is 2. The number of amides is 1. The van der Waals surface area contributed by atoms with Crippen LogP contribution in [-0.2, 0) is 4.79 Å². The van der Waals surface area contributed by atoms with Gasteiger partial charge in [-0.05, 0) is 20.8 Å². The van der Waals surface area contributed by atoms with E-state index in [1.807, 2.05) is 0 Å². The maximum atomic E-state index is 11.6. The molecule has 6 nitrogen and oxygen atoms in total. The minimum absolute atomic E-state index is 0.290. The third-order valence-corrected chi connectivity index (χ3v) is 2.06. The van der Waals surface area contributed by atoms with Gasteiger partial charge >= 0.3 is 5.97 Å². The van der Waals surface area contributed by atoms with Crippen LogP contribution in [0.2, 0.25) is 0 Å². The number of aliphatic carboxylic acids is 1. The van der Waals surface area contributed by atoms with E-state index >= 15 is 0 Å². The van der Waals surface area contributed by atoms with Gasteiger partial charge in [-0.2, -0.15) is 0 Å². The van der Waals surface area contributed by atoms with Crippen LogP contribution in [0, 0.1) is 13.8 Å². The molecule has 0 bridgehead atoms. The molecule has 0 aliphatic rings. The number of carbonyl (C=O) groups excluding carboxylic acids is 1. The molecule has 0 aliphatic carbocycles. The van der Waals surface area contributed by atoms with Gasteiger partial charge in [-0.15, -0.1) is 0 Å². The van der Waals surface area contributed by atoms with Crippen molar-refractivity contribution in [1.82, 2.24) is 15.3 Å². The lowest BCUT2D eigenvalue weighted by atomic mass is 10.2. The molecule has 86 valence electrons. The number of carboxylic acids is 1. The standard InChI is InChI=1S/C10H13N3O3/c1-5-8(4-11-7(3)12-5)9(14)13-6(2)10(15)16/h4,6H,1-3H3,(H,13,14)(H,15,16). The van der Waals surface area contributed by atoms with Gasteiger partial charge in [-0.3, -0.25) is 9.59 Å². The first-order chi connectivity index (χ1) is 7.41. The molecule has 0 aromatic carbocycles. The molecule has 1 heterocycles. The number of carboxylic acid groups (broad SMARTS) is 1. The summed E-state index contributed by atoms with van der Waals surface area (Å²) in [4.78, 5) is 30.1. The summed E-state index contributed by atoms with van der Waals surface area (Å²) in [5.74, 6) is -0.994. The Kier molecular flexibility index (Phi) is 3.55. The highest BCUT2D eigenvalue weighted by Gasteiger charge is 2.17. The average molecular weight is 223 g/mol. The number of aryl methyl sites for hydroxylation is 2. The number of hydrogen-bond donors (Lipinski definition) is 2.